The van der Waals surface area contributed by atoms with Crippen LogP contribution in [-0.2, 0) is 13.1 Å². The Kier molecular flexibility index (Phi) is 4.75. The summed E-state index contributed by atoms with van der Waals surface area (Å²) in [7, 11) is 0. The maximum atomic E-state index is 12.9. The predicted octanol–water partition coefficient (Wildman–Crippen LogP) is 2.73. The summed E-state index contributed by atoms with van der Waals surface area (Å²) in [4.78, 5) is 20.5. The van der Waals surface area contributed by atoms with Crippen LogP contribution in [0.4, 0.5) is 0 Å². The summed E-state index contributed by atoms with van der Waals surface area (Å²) in [6, 6.07) is 7.92. The van der Waals surface area contributed by atoms with Crippen LogP contribution in [0.5, 0.6) is 0 Å². The minimum Gasteiger partial charge on any atom is -0.361 e. The van der Waals surface area contributed by atoms with Gasteiger partial charge in [-0.15, -0.1) is 0 Å². The first-order valence-electron chi connectivity index (χ1n) is 9.33. The van der Waals surface area contributed by atoms with Crippen LogP contribution in [0, 0.1) is 0 Å². The van der Waals surface area contributed by atoms with Gasteiger partial charge in [-0.05, 0) is 36.9 Å². The molecule has 0 bridgehead atoms. The SMILES string of the molecule is CCn1cc(CN2CCCN(C(=O)c3ccc4cc[nH]c4c3)CC2)cn1. The Morgan fingerprint density at radius 2 is 2.12 bits per heavy atom. The summed E-state index contributed by atoms with van der Waals surface area (Å²) in [5, 5.41) is 5.48. The van der Waals surface area contributed by atoms with Gasteiger partial charge < -0.3 is 9.88 Å². The average molecular weight is 351 g/mol. The quantitative estimate of drug-likeness (QED) is 0.786. The molecule has 0 radical (unpaired) electrons. The van der Waals surface area contributed by atoms with Gasteiger partial charge in [0.1, 0.15) is 0 Å². The molecule has 1 aliphatic rings. The lowest BCUT2D eigenvalue weighted by Crippen LogP contribution is -2.35. The smallest absolute Gasteiger partial charge is 0.253 e. The first-order valence-corrected chi connectivity index (χ1v) is 9.33. The molecule has 6 heteroatoms. The van der Waals surface area contributed by atoms with Crippen LogP contribution in [0.3, 0.4) is 0 Å². The second kappa shape index (κ2) is 7.33. The second-order valence-electron chi connectivity index (χ2n) is 6.91. The number of nitrogens with zero attached hydrogens (tertiary/aromatic N) is 4. The van der Waals surface area contributed by atoms with Crippen LogP contribution < -0.4 is 0 Å². The van der Waals surface area contributed by atoms with Crippen LogP contribution in [0.1, 0.15) is 29.3 Å². The van der Waals surface area contributed by atoms with E-state index in [2.05, 4.69) is 28.1 Å². The molecule has 6 nitrogen and oxygen atoms in total. The number of hydrogen-bond acceptors (Lipinski definition) is 3. The van der Waals surface area contributed by atoms with E-state index in [9.17, 15) is 4.79 Å². The number of nitrogens with one attached hydrogen (secondary N) is 1. The molecule has 0 unspecified atom stereocenters. The Morgan fingerprint density at radius 3 is 2.96 bits per heavy atom. The minimum absolute atomic E-state index is 0.127. The van der Waals surface area contributed by atoms with Gasteiger partial charge >= 0.3 is 0 Å². The number of carbonyl (C=O) groups excluding carboxylic acids is 1. The van der Waals surface area contributed by atoms with Crippen molar-refractivity contribution in [2.24, 2.45) is 0 Å². The molecule has 0 aliphatic carbocycles. The molecule has 1 aliphatic heterocycles. The molecule has 26 heavy (non-hydrogen) atoms. The number of aromatic amines is 1. The zero-order valence-corrected chi connectivity index (χ0v) is 15.2. The Labute approximate surface area is 153 Å². The minimum atomic E-state index is 0.127. The number of aromatic nitrogens is 3. The Hall–Kier alpha value is -2.60. The maximum Gasteiger partial charge on any atom is 0.253 e. The lowest BCUT2D eigenvalue weighted by molar-refractivity contribution is 0.0761. The number of fused-ring (bicyclic) bond motifs is 1. The van der Waals surface area contributed by atoms with Crippen molar-refractivity contribution in [2.45, 2.75) is 26.4 Å². The molecule has 1 N–H and O–H groups in total. The summed E-state index contributed by atoms with van der Waals surface area (Å²) in [5.41, 5.74) is 3.02. The number of aryl methyl sites for hydroxylation is 1. The third-order valence-corrected chi connectivity index (χ3v) is 5.09. The van der Waals surface area contributed by atoms with E-state index < -0.39 is 0 Å². The number of carbonyl (C=O) groups is 1. The van der Waals surface area contributed by atoms with E-state index in [4.69, 9.17) is 0 Å². The topological polar surface area (TPSA) is 57.2 Å². The van der Waals surface area contributed by atoms with E-state index in [0.717, 1.165) is 62.2 Å². The standard InChI is InChI=1S/C20H25N5O/c1-2-25-15-16(13-22-25)14-23-8-3-9-24(11-10-23)20(26)18-5-4-17-6-7-21-19(17)12-18/h4-7,12-13,15,21H,2-3,8-11,14H2,1H3. The molecule has 1 amide bonds. The van der Waals surface area contributed by atoms with E-state index in [1.54, 1.807) is 0 Å². The third-order valence-electron chi connectivity index (χ3n) is 5.09. The third kappa shape index (κ3) is 3.51. The zero-order chi connectivity index (χ0) is 17.9. The first kappa shape index (κ1) is 16.8. The van der Waals surface area contributed by atoms with Crippen molar-refractivity contribution in [3.05, 3.63) is 54.0 Å². The van der Waals surface area contributed by atoms with Crippen LogP contribution >= 0.6 is 0 Å². The van der Waals surface area contributed by atoms with Crippen LogP contribution in [0.15, 0.2) is 42.9 Å². The lowest BCUT2D eigenvalue weighted by atomic mass is 10.1. The van der Waals surface area contributed by atoms with Gasteiger partial charge in [-0.1, -0.05) is 6.07 Å². The maximum absolute atomic E-state index is 12.9. The van der Waals surface area contributed by atoms with E-state index in [1.807, 2.05) is 46.2 Å². The average Bonchev–Trinajstić information content (AvgIpc) is 3.25. The number of amides is 1. The summed E-state index contributed by atoms with van der Waals surface area (Å²) < 4.78 is 1.96. The number of benzene rings is 1. The van der Waals surface area contributed by atoms with Gasteiger partial charge in [-0.2, -0.15) is 5.10 Å². The van der Waals surface area contributed by atoms with Crippen molar-refractivity contribution >= 4 is 16.8 Å². The molecule has 3 heterocycles. The summed E-state index contributed by atoms with van der Waals surface area (Å²) in [5.74, 6) is 0.127. The van der Waals surface area contributed by atoms with Gasteiger partial charge in [0.05, 0.1) is 6.20 Å². The summed E-state index contributed by atoms with van der Waals surface area (Å²) in [6.45, 7) is 7.38. The van der Waals surface area contributed by atoms with Gasteiger partial charge in [0.2, 0.25) is 0 Å². The highest BCUT2D eigenvalue weighted by Gasteiger charge is 2.21. The fourth-order valence-electron chi connectivity index (χ4n) is 3.61. The monoisotopic (exact) mass is 351 g/mol. The van der Waals surface area contributed by atoms with Gasteiger partial charge in [0, 0.05) is 68.3 Å². The van der Waals surface area contributed by atoms with Crippen molar-refractivity contribution in [1.29, 1.82) is 0 Å². The van der Waals surface area contributed by atoms with Crippen LogP contribution in [0.25, 0.3) is 10.9 Å². The predicted molar refractivity (Wildman–Crippen MR) is 102 cm³/mol. The van der Waals surface area contributed by atoms with E-state index >= 15 is 0 Å². The van der Waals surface area contributed by atoms with Crippen LogP contribution in [-0.4, -0.2) is 56.7 Å². The Morgan fingerprint density at radius 1 is 1.19 bits per heavy atom. The van der Waals surface area contributed by atoms with Gasteiger partial charge in [-0.3, -0.25) is 14.4 Å². The van der Waals surface area contributed by atoms with Crippen LogP contribution in [0.2, 0.25) is 0 Å². The largest absolute Gasteiger partial charge is 0.361 e. The molecular formula is C20H25N5O. The van der Waals surface area contributed by atoms with E-state index in [1.165, 1.54) is 5.56 Å². The highest BCUT2D eigenvalue weighted by Crippen LogP contribution is 2.17. The van der Waals surface area contributed by atoms with Gasteiger partial charge in [-0.25, -0.2) is 0 Å². The number of rotatable bonds is 4. The second-order valence-corrected chi connectivity index (χ2v) is 6.91. The lowest BCUT2D eigenvalue weighted by Gasteiger charge is -2.22. The summed E-state index contributed by atoms with van der Waals surface area (Å²) in [6.07, 6.45) is 6.96. The van der Waals surface area contributed by atoms with E-state index in [-0.39, 0.29) is 5.91 Å². The molecule has 1 aromatic carbocycles. The number of hydrogen-bond donors (Lipinski definition) is 1. The Balaban J connectivity index is 1.40. The number of H-pyrrole nitrogens is 1. The van der Waals surface area contributed by atoms with Crippen molar-refractivity contribution in [3.8, 4) is 0 Å². The zero-order valence-electron chi connectivity index (χ0n) is 15.2. The molecule has 4 rings (SSSR count). The normalized spacial score (nSPS) is 16.1. The molecule has 2 aromatic heterocycles. The van der Waals surface area contributed by atoms with Crippen molar-refractivity contribution in [2.75, 3.05) is 26.2 Å². The molecule has 136 valence electrons. The molecule has 0 spiro atoms. The first-order chi connectivity index (χ1) is 12.7. The molecule has 0 atom stereocenters. The Bertz CT molecular complexity index is 896. The van der Waals surface area contributed by atoms with E-state index in [0.29, 0.717) is 0 Å². The highest BCUT2D eigenvalue weighted by molar-refractivity contribution is 5.97. The van der Waals surface area contributed by atoms with Crippen molar-refractivity contribution in [1.82, 2.24) is 24.6 Å². The van der Waals surface area contributed by atoms with Gasteiger partial charge in [0.15, 0.2) is 0 Å². The van der Waals surface area contributed by atoms with Crippen molar-refractivity contribution < 1.29 is 4.79 Å². The highest BCUT2D eigenvalue weighted by atomic mass is 16.2. The molecule has 1 saturated heterocycles. The fourth-order valence-corrected chi connectivity index (χ4v) is 3.61. The molecule has 0 saturated carbocycles. The van der Waals surface area contributed by atoms with Gasteiger partial charge in [0.25, 0.3) is 5.91 Å². The fraction of sp³-hybridized carbons (Fsp3) is 0.400. The summed E-state index contributed by atoms with van der Waals surface area (Å²) >= 11 is 0. The molecule has 1 fully saturated rings. The molecular weight excluding hydrogens is 326 g/mol. The van der Waals surface area contributed by atoms with Crippen molar-refractivity contribution in [3.63, 3.8) is 0 Å². The molecule has 3 aromatic rings.